The lowest BCUT2D eigenvalue weighted by molar-refractivity contribution is -0.129. The van der Waals surface area contributed by atoms with Crippen molar-refractivity contribution in [3.63, 3.8) is 0 Å². The molecule has 2 amide bonds. The molecule has 188 valence electrons. The van der Waals surface area contributed by atoms with Gasteiger partial charge in [0.25, 0.3) is 5.91 Å². The molecule has 0 saturated carbocycles. The summed E-state index contributed by atoms with van der Waals surface area (Å²) >= 11 is 0. The van der Waals surface area contributed by atoms with E-state index in [1.165, 1.54) is 6.07 Å². The van der Waals surface area contributed by atoms with E-state index in [-0.39, 0.29) is 29.6 Å². The van der Waals surface area contributed by atoms with E-state index in [0.29, 0.717) is 55.7 Å². The number of halogens is 2. The Morgan fingerprint density at radius 3 is 2.46 bits per heavy atom. The van der Waals surface area contributed by atoms with Crippen molar-refractivity contribution in [2.45, 2.75) is 52.9 Å². The topological polar surface area (TPSA) is 90.9 Å². The lowest BCUT2D eigenvalue weighted by atomic mass is 10.1. The number of carbonyl (C=O) groups excluding carboxylic acids is 2. The number of carbonyl (C=O) groups is 2. The number of hydrogen-bond donors (Lipinski definition) is 1. The predicted molar refractivity (Wildman–Crippen MR) is 127 cm³/mol. The lowest BCUT2D eigenvalue weighted by Gasteiger charge is -2.34. The summed E-state index contributed by atoms with van der Waals surface area (Å²) in [6.45, 7) is 7.03. The first-order chi connectivity index (χ1) is 16.6. The van der Waals surface area contributed by atoms with E-state index >= 15 is 0 Å². The molecule has 2 aliphatic heterocycles. The molecule has 0 spiro atoms. The molecule has 1 N–H and O–H groups in total. The van der Waals surface area contributed by atoms with Gasteiger partial charge in [0.1, 0.15) is 17.3 Å². The maximum absolute atomic E-state index is 13.1. The number of hydrogen-bond acceptors (Lipinski definition) is 7. The van der Waals surface area contributed by atoms with Crippen molar-refractivity contribution in [3.8, 4) is 5.75 Å². The minimum absolute atomic E-state index is 0.00675. The van der Waals surface area contributed by atoms with Crippen molar-refractivity contribution in [1.29, 1.82) is 0 Å². The Kier molecular flexibility index (Phi) is 7.04. The van der Waals surface area contributed by atoms with E-state index in [2.05, 4.69) is 15.0 Å². The number of anilines is 2. The molecule has 1 aromatic carbocycles. The van der Waals surface area contributed by atoms with Crippen molar-refractivity contribution in [2.24, 2.45) is 0 Å². The highest BCUT2D eigenvalue weighted by Crippen LogP contribution is 2.33. The van der Waals surface area contributed by atoms with Crippen LogP contribution in [0.5, 0.6) is 5.75 Å². The van der Waals surface area contributed by atoms with E-state index in [1.54, 1.807) is 28.9 Å². The first-order valence-electron chi connectivity index (χ1n) is 11.7. The molecule has 2 aromatic rings. The van der Waals surface area contributed by atoms with Crippen molar-refractivity contribution in [3.05, 3.63) is 41.1 Å². The molecule has 1 aromatic heterocycles. The largest absolute Gasteiger partial charge is 0.435 e. The van der Waals surface area contributed by atoms with Gasteiger partial charge in [-0.1, -0.05) is 12.1 Å². The maximum Gasteiger partial charge on any atom is 0.387 e. The fraction of sp³-hybridized carbons (Fsp3) is 0.500. The highest BCUT2D eigenvalue weighted by Gasteiger charge is 2.35. The number of fused-ring (bicyclic) bond motifs is 1. The SMILES string of the molecule is CC(=O)N1CCN(c2nc(N[C@H](C)c3cccc(OC(F)F)c3)c3c(n2)C(=O)N(C(C)C)C3)CC1. The molecule has 0 bridgehead atoms. The molecule has 11 heteroatoms. The summed E-state index contributed by atoms with van der Waals surface area (Å²) in [6.07, 6.45) is 0. The van der Waals surface area contributed by atoms with Crippen molar-refractivity contribution < 1.29 is 23.1 Å². The average Bonchev–Trinajstić information content (AvgIpc) is 3.16. The third kappa shape index (κ3) is 5.28. The summed E-state index contributed by atoms with van der Waals surface area (Å²) in [4.78, 5) is 39.7. The number of nitrogens with zero attached hydrogens (tertiary/aromatic N) is 5. The number of nitrogens with one attached hydrogen (secondary N) is 1. The average molecular weight is 489 g/mol. The molecular formula is C24H30F2N6O3. The number of benzene rings is 1. The number of aromatic nitrogens is 2. The molecule has 2 aliphatic rings. The smallest absolute Gasteiger partial charge is 0.387 e. The fourth-order valence-electron chi connectivity index (χ4n) is 4.32. The second kappa shape index (κ2) is 10.0. The van der Waals surface area contributed by atoms with Gasteiger partial charge < -0.3 is 24.8 Å². The third-order valence-electron chi connectivity index (χ3n) is 6.35. The van der Waals surface area contributed by atoms with Crippen molar-refractivity contribution in [1.82, 2.24) is 19.8 Å². The molecule has 3 heterocycles. The van der Waals surface area contributed by atoms with Crippen LogP contribution in [0.3, 0.4) is 0 Å². The first kappa shape index (κ1) is 24.6. The van der Waals surface area contributed by atoms with E-state index in [9.17, 15) is 18.4 Å². The Morgan fingerprint density at radius 2 is 1.83 bits per heavy atom. The van der Waals surface area contributed by atoms with Gasteiger partial charge in [0.05, 0.1) is 12.6 Å². The van der Waals surface area contributed by atoms with Crippen LogP contribution in [0.25, 0.3) is 0 Å². The Bertz CT molecular complexity index is 1100. The Balaban J connectivity index is 1.64. The van der Waals surface area contributed by atoms with Crippen LogP contribution in [0, 0.1) is 0 Å². The molecule has 1 atom stereocenters. The zero-order valence-electron chi connectivity index (χ0n) is 20.3. The van der Waals surface area contributed by atoms with Gasteiger partial charge in [-0.3, -0.25) is 9.59 Å². The summed E-state index contributed by atoms with van der Waals surface area (Å²) in [7, 11) is 0. The van der Waals surface area contributed by atoms with Crippen LogP contribution in [0.2, 0.25) is 0 Å². The normalized spacial score (nSPS) is 16.7. The zero-order chi connectivity index (χ0) is 25.3. The molecule has 0 radical (unpaired) electrons. The lowest BCUT2D eigenvalue weighted by Crippen LogP contribution is -2.48. The van der Waals surface area contributed by atoms with Gasteiger partial charge in [-0.15, -0.1) is 0 Å². The number of ether oxygens (including phenoxy) is 1. The quantitative estimate of drug-likeness (QED) is 0.640. The molecule has 0 aliphatic carbocycles. The summed E-state index contributed by atoms with van der Waals surface area (Å²) in [5, 5.41) is 3.36. The van der Waals surface area contributed by atoms with Crippen LogP contribution in [-0.4, -0.2) is 70.4 Å². The highest BCUT2D eigenvalue weighted by atomic mass is 19.3. The van der Waals surface area contributed by atoms with Gasteiger partial charge in [0.2, 0.25) is 11.9 Å². The summed E-state index contributed by atoms with van der Waals surface area (Å²) in [6, 6.07) is 6.18. The van der Waals surface area contributed by atoms with Crippen LogP contribution in [0.4, 0.5) is 20.5 Å². The van der Waals surface area contributed by atoms with Crippen LogP contribution < -0.4 is 15.0 Å². The van der Waals surface area contributed by atoms with E-state index in [1.807, 2.05) is 31.7 Å². The molecular weight excluding hydrogens is 458 g/mol. The first-order valence-corrected chi connectivity index (χ1v) is 11.7. The molecule has 35 heavy (non-hydrogen) atoms. The molecule has 1 saturated heterocycles. The van der Waals surface area contributed by atoms with Crippen LogP contribution >= 0.6 is 0 Å². The Hall–Kier alpha value is -3.50. The van der Waals surface area contributed by atoms with Gasteiger partial charge in [-0.2, -0.15) is 13.8 Å². The molecule has 0 unspecified atom stereocenters. The minimum atomic E-state index is -2.90. The van der Waals surface area contributed by atoms with Crippen molar-refractivity contribution in [2.75, 3.05) is 36.4 Å². The number of rotatable bonds is 7. The summed E-state index contributed by atoms with van der Waals surface area (Å²) in [5.41, 5.74) is 1.81. The highest BCUT2D eigenvalue weighted by molar-refractivity contribution is 5.98. The monoisotopic (exact) mass is 488 g/mol. The van der Waals surface area contributed by atoms with E-state index in [0.717, 1.165) is 5.56 Å². The van der Waals surface area contributed by atoms with Gasteiger partial charge in [0, 0.05) is 44.7 Å². The summed E-state index contributed by atoms with van der Waals surface area (Å²) in [5.74, 6) is 0.906. The maximum atomic E-state index is 13.1. The van der Waals surface area contributed by atoms with Gasteiger partial charge in [-0.05, 0) is 38.5 Å². The van der Waals surface area contributed by atoms with E-state index in [4.69, 9.17) is 4.98 Å². The van der Waals surface area contributed by atoms with Crippen LogP contribution in [-0.2, 0) is 11.3 Å². The summed E-state index contributed by atoms with van der Waals surface area (Å²) < 4.78 is 29.9. The molecule has 9 nitrogen and oxygen atoms in total. The van der Waals surface area contributed by atoms with Gasteiger partial charge >= 0.3 is 6.61 Å². The standard InChI is InChI=1S/C24H30F2N6O3/c1-14(2)32-13-19-20(22(32)34)28-24(31-10-8-30(9-11-31)16(4)33)29-21(19)27-15(3)17-6-5-7-18(12-17)35-23(25)26/h5-7,12,14-15,23H,8-11,13H2,1-4H3,(H,27,28,29)/t15-/m1/s1. The predicted octanol–water partition coefficient (Wildman–Crippen LogP) is 3.28. The fourth-order valence-corrected chi connectivity index (χ4v) is 4.32. The second-order valence-corrected chi connectivity index (χ2v) is 9.04. The Morgan fingerprint density at radius 1 is 1.11 bits per heavy atom. The molecule has 1 fully saturated rings. The minimum Gasteiger partial charge on any atom is -0.435 e. The van der Waals surface area contributed by atoms with Crippen molar-refractivity contribution >= 4 is 23.6 Å². The number of alkyl halides is 2. The number of amides is 2. The van der Waals surface area contributed by atoms with Gasteiger partial charge in [-0.25, -0.2) is 4.98 Å². The van der Waals surface area contributed by atoms with Crippen LogP contribution in [0.15, 0.2) is 24.3 Å². The van der Waals surface area contributed by atoms with Crippen LogP contribution in [0.1, 0.15) is 55.4 Å². The Labute approximate surface area is 203 Å². The second-order valence-electron chi connectivity index (χ2n) is 9.04. The third-order valence-corrected chi connectivity index (χ3v) is 6.35. The molecule has 4 rings (SSSR count). The zero-order valence-corrected chi connectivity index (χ0v) is 20.3. The van der Waals surface area contributed by atoms with E-state index < -0.39 is 6.61 Å². The number of piperazine rings is 1. The van der Waals surface area contributed by atoms with Gasteiger partial charge in [0.15, 0.2) is 0 Å².